The van der Waals surface area contributed by atoms with E-state index in [1.807, 2.05) is 60.4 Å². The summed E-state index contributed by atoms with van der Waals surface area (Å²) in [7, 11) is 0. The van der Waals surface area contributed by atoms with Crippen LogP contribution in [0.1, 0.15) is 45.9 Å². The number of anilines is 2. The van der Waals surface area contributed by atoms with Gasteiger partial charge < -0.3 is 10.2 Å². The van der Waals surface area contributed by atoms with Crippen molar-refractivity contribution in [1.29, 1.82) is 0 Å². The normalized spacial score (nSPS) is 16.5. The number of likely N-dealkylation sites (tertiary alicyclic amines) is 1. The number of piperidine rings is 1. The molecule has 1 aliphatic rings. The van der Waals surface area contributed by atoms with Gasteiger partial charge in [0.1, 0.15) is 0 Å². The van der Waals surface area contributed by atoms with Crippen LogP contribution in [0, 0.1) is 13.8 Å². The van der Waals surface area contributed by atoms with E-state index in [4.69, 9.17) is 4.98 Å². The van der Waals surface area contributed by atoms with Crippen molar-refractivity contribution < 1.29 is 4.79 Å². The summed E-state index contributed by atoms with van der Waals surface area (Å²) < 4.78 is 0. The largest absolute Gasteiger partial charge is 0.338 e. The molecule has 29 heavy (non-hydrogen) atoms. The second-order valence-electron chi connectivity index (χ2n) is 7.70. The molecule has 4 rings (SSSR count). The molecule has 5 heteroatoms. The highest BCUT2D eigenvalue weighted by molar-refractivity contribution is 5.94. The smallest absolute Gasteiger partial charge is 0.253 e. The fourth-order valence-electron chi connectivity index (χ4n) is 3.78. The van der Waals surface area contributed by atoms with E-state index in [1.165, 1.54) is 0 Å². The van der Waals surface area contributed by atoms with Gasteiger partial charge in [-0.15, -0.1) is 0 Å². The van der Waals surface area contributed by atoms with Gasteiger partial charge in [-0.05, 0) is 56.5 Å². The van der Waals surface area contributed by atoms with Gasteiger partial charge in [0.2, 0.25) is 5.95 Å². The monoisotopic (exact) mass is 386 g/mol. The number of carbonyl (C=O) groups is 1. The van der Waals surface area contributed by atoms with Crippen molar-refractivity contribution in [2.24, 2.45) is 0 Å². The number of aryl methyl sites for hydroxylation is 2. The van der Waals surface area contributed by atoms with Crippen LogP contribution in [0.15, 0.2) is 60.8 Å². The molecule has 2 heterocycles. The van der Waals surface area contributed by atoms with Gasteiger partial charge in [0.25, 0.3) is 5.91 Å². The molecule has 0 spiro atoms. The Morgan fingerprint density at radius 1 is 1.07 bits per heavy atom. The van der Waals surface area contributed by atoms with Crippen LogP contribution in [0.2, 0.25) is 0 Å². The number of aromatic nitrogens is 2. The third-order valence-corrected chi connectivity index (χ3v) is 5.49. The lowest BCUT2D eigenvalue weighted by atomic mass is 9.94. The number of nitrogens with zero attached hydrogens (tertiary/aromatic N) is 3. The Morgan fingerprint density at radius 2 is 1.86 bits per heavy atom. The van der Waals surface area contributed by atoms with Crippen LogP contribution in [-0.4, -0.2) is 33.9 Å². The molecule has 1 fully saturated rings. The third kappa shape index (κ3) is 4.45. The van der Waals surface area contributed by atoms with Crippen LogP contribution in [0.5, 0.6) is 0 Å². The van der Waals surface area contributed by atoms with Crippen molar-refractivity contribution in [3.63, 3.8) is 0 Å². The summed E-state index contributed by atoms with van der Waals surface area (Å²) in [5, 5.41) is 3.31. The molecule has 1 amide bonds. The van der Waals surface area contributed by atoms with E-state index >= 15 is 0 Å². The summed E-state index contributed by atoms with van der Waals surface area (Å²) in [5.41, 5.74) is 5.05. The van der Waals surface area contributed by atoms with Crippen LogP contribution in [-0.2, 0) is 0 Å². The molecule has 1 N–H and O–H groups in total. The minimum Gasteiger partial charge on any atom is -0.338 e. The predicted octanol–water partition coefficient (Wildman–Crippen LogP) is 4.86. The Hall–Kier alpha value is -3.21. The molecule has 1 atom stereocenters. The van der Waals surface area contributed by atoms with Gasteiger partial charge in [0.15, 0.2) is 0 Å². The van der Waals surface area contributed by atoms with Gasteiger partial charge in [0.05, 0.1) is 5.69 Å². The molecule has 0 unspecified atom stereocenters. The first-order valence-electron chi connectivity index (χ1n) is 10.1. The van der Waals surface area contributed by atoms with Gasteiger partial charge in [-0.3, -0.25) is 4.79 Å². The van der Waals surface area contributed by atoms with Crippen molar-refractivity contribution in [3.05, 3.63) is 83.2 Å². The molecule has 3 aromatic rings. The van der Waals surface area contributed by atoms with Crippen LogP contribution in [0.3, 0.4) is 0 Å². The zero-order valence-corrected chi connectivity index (χ0v) is 16.9. The maximum atomic E-state index is 12.9. The van der Waals surface area contributed by atoms with Crippen molar-refractivity contribution in [2.75, 3.05) is 18.4 Å². The highest BCUT2D eigenvalue weighted by Crippen LogP contribution is 2.27. The third-order valence-electron chi connectivity index (χ3n) is 5.49. The van der Waals surface area contributed by atoms with E-state index in [2.05, 4.69) is 23.3 Å². The molecule has 0 aliphatic carbocycles. The molecule has 0 radical (unpaired) electrons. The minimum atomic E-state index is 0.0991. The Morgan fingerprint density at radius 3 is 2.66 bits per heavy atom. The van der Waals surface area contributed by atoms with E-state index < -0.39 is 0 Å². The highest BCUT2D eigenvalue weighted by atomic mass is 16.2. The lowest BCUT2D eigenvalue weighted by Crippen LogP contribution is -2.39. The second-order valence-corrected chi connectivity index (χ2v) is 7.70. The average Bonchev–Trinajstić information content (AvgIpc) is 2.76. The number of nitrogens with one attached hydrogen (secondary N) is 1. The first-order valence-corrected chi connectivity index (χ1v) is 10.1. The van der Waals surface area contributed by atoms with E-state index in [9.17, 15) is 4.79 Å². The van der Waals surface area contributed by atoms with Crippen LogP contribution in [0.4, 0.5) is 11.6 Å². The molecule has 1 aromatic heterocycles. The Labute approximate surface area is 171 Å². The molecular formula is C24H26N4O. The zero-order chi connectivity index (χ0) is 20.2. The van der Waals surface area contributed by atoms with Gasteiger partial charge in [-0.1, -0.05) is 35.9 Å². The molecule has 5 nitrogen and oxygen atoms in total. The Kier molecular flexibility index (Phi) is 5.56. The van der Waals surface area contributed by atoms with E-state index in [-0.39, 0.29) is 11.8 Å². The SMILES string of the molecule is Cc1ccc(C(=O)N2CCC[C@@H](c3ccnc(Nc4ccccc4C)n3)C2)cc1. The number of amides is 1. The van der Waals surface area contributed by atoms with Crippen LogP contribution < -0.4 is 5.32 Å². The van der Waals surface area contributed by atoms with Crippen molar-refractivity contribution in [3.8, 4) is 0 Å². The molecule has 0 bridgehead atoms. The number of hydrogen-bond donors (Lipinski definition) is 1. The van der Waals surface area contributed by atoms with Crippen LogP contribution >= 0.6 is 0 Å². The molecule has 1 aliphatic heterocycles. The van der Waals surface area contributed by atoms with Gasteiger partial charge in [-0.25, -0.2) is 9.97 Å². The summed E-state index contributed by atoms with van der Waals surface area (Å²) in [6.07, 6.45) is 3.80. The Bertz CT molecular complexity index is 1000. The lowest BCUT2D eigenvalue weighted by molar-refractivity contribution is 0.0706. The summed E-state index contributed by atoms with van der Waals surface area (Å²) in [5.74, 6) is 0.916. The quantitative estimate of drug-likeness (QED) is 0.696. The second kappa shape index (κ2) is 8.43. The summed E-state index contributed by atoms with van der Waals surface area (Å²) in [6.45, 7) is 5.57. The van der Waals surface area contributed by atoms with E-state index in [0.29, 0.717) is 12.5 Å². The number of para-hydroxylation sites is 1. The lowest BCUT2D eigenvalue weighted by Gasteiger charge is -2.32. The number of carbonyl (C=O) groups excluding carboxylic acids is 1. The topological polar surface area (TPSA) is 58.1 Å². The maximum absolute atomic E-state index is 12.9. The summed E-state index contributed by atoms with van der Waals surface area (Å²) in [6, 6.07) is 17.9. The number of benzene rings is 2. The van der Waals surface area contributed by atoms with Gasteiger partial charge in [0, 0.05) is 36.5 Å². The van der Waals surface area contributed by atoms with Crippen LogP contribution in [0.25, 0.3) is 0 Å². The zero-order valence-electron chi connectivity index (χ0n) is 16.9. The number of rotatable bonds is 4. The standard InChI is InChI=1S/C24H26N4O/c1-17-9-11-19(12-10-17)23(29)28-15-5-7-20(16-28)22-13-14-25-24(27-22)26-21-8-4-3-6-18(21)2/h3-4,6,8-14,20H,5,7,15-16H2,1-2H3,(H,25,26,27)/t20-/m1/s1. The molecule has 1 saturated heterocycles. The minimum absolute atomic E-state index is 0.0991. The molecular weight excluding hydrogens is 360 g/mol. The van der Waals surface area contributed by atoms with Crippen molar-refractivity contribution in [2.45, 2.75) is 32.6 Å². The van der Waals surface area contributed by atoms with E-state index in [0.717, 1.165) is 47.5 Å². The first kappa shape index (κ1) is 19.1. The molecule has 148 valence electrons. The predicted molar refractivity (Wildman–Crippen MR) is 116 cm³/mol. The highest BCUT2D eigenvalue weighted by Gasteiger charge is 2.26. The fourth-order valence-corrected chi connectivity index (χ4v) is 3.78. The van der Waals surface area contributed by atoms with Crippen molar-refractivity contribution >= 4 is 17.5 Å². The number of hydrogen-bond acceptors (Lipinski definition) is 4. The summed E-state index contributed by atoms with van der Waals surface area (Å²) in [4.78, 5) is 24.0. The van der Waals surface area contributed by atoms with Gasteiger partial charge >= 0.3 is 0 Å². The van der Waals surface area contributed by atoms with Gasteiger partial charge in [-0.2, -0.15) is 0 Å². The Balaban J connectivity index is 1.49. The first-order chi connectivity index (χ1) is 14.1. The van der Waals surface area contributed by atoms with Crippen molar-refractivity contribution in [1.82, 2.24) is 14.9 Å². The fraction of sp³-hybridized carbons (Fsp3) is 0.292. The maximum Gasteiger partial charge on any atom is 0.253 e. The average molecular weight is 386 g/mol. The van der Waals surface area contributed by atoms with E-state index in [1.54, 1.807) is 6.20 Å². The molecule has 2 aromatic carbocycles. The summed E-state index contributed by atoms with van der Waals surface area (Å²) >= 11 is 0. The molecule has 0 saturated carbocycles.